The summed E-state index contributed by atoms with van der Waals surface area (Å²) in [6, 6.07) is 8.53. The smallest absolute Gasteiger partial charge is 0.319 e. The van der Waals surface area contributed by atoms with Crippen molar-refractivity contribution in [2.24, 2.45) is 0 Å². The van der Waals surface area contributed by atoms with Crippen LogP contribution in [0.25, 0.3) is 0 Å². The summed E-state index contributed by atoms with van der Waals surface area (Å²) in [6.45, 7) is -0.0575. The van der Waals surface area contributed by atoms with Gasteiger partial charge in [-0.15, -0.1) is 0 Å². The van der Waals surface area contributed by atoms with Crippen molar-refractivity contribution in [1.82, 2.24) is 10.3 Å². The van der Waals surface area contributed by atoms with E-state index < -0.39 is 18.0 Å². The van der Waals surface area contributed by atoms with Crippen molar-refractivity contribution in [2.75, 3.05) is 18.5 Å². The van der Waals surface area contributed by atoms with Crippen molar-refractivity contribution in [3.8, 4) is 5.75 Å². The van der Waals surface area contributed by atoms with Crippen molar-refractivity contribution in [3.05, 3.63) is 54.6 Å². The minimum atomic E-state index is -0.914. The Bertz CT molecular complexity index is 610. The van der Waals surface area contributed by atoms with Crippen molar-refractivity contribution in [1.29, 1.82) is 0 Å². The van der Waals surface area contributed by atoms with E-state index in [0.29, 0.717) is 11.4 Å². The molecule has 2 rings (SSSR count). The highest BCUT2D eigenvalue weighted by Gasteiger charge is 2.08. The molecular weight excluding hydrogens is 289 g/mol. The van der Waals surface area contributed by atoms with Crippen LogP contribution in [-0.2, 0) is 0 Å². The van der Waals surface area contributed by atoms with Crippen LogP contribution in [0.4, 0.5) is 14.9 Å². The molecule has 7 heteroatoms. The van der Waals surface area contributed by atoms with Crippen LogP contribution >= 0.6 is 0 Å². The number of rotatable bonds is 6. The van der Waals surface area contributed by atoms with Crippen LogP contribution in [0.15, 0.2) is 48.8 Å². The maximum atomic E-state index is 12.9. The average molecular weight is 305 g/mol. The van der Waals surface area contributed by atoms with Crippen molar-refractivity contribution in [3.63, 3.8) is 0 Å². The summed E-state index contributed by atoms with van der Waals surface area (Å²) in [5.74, 6) is -0.0974. The summed E-state index contributed by atoms with van der Waals surface area (Å²) in [7, 11) is 0. The van der Waals surface area contributed by atoms with Gasteiger partial charge in [0.2, 0.25) is 0 Å². The molecule has 0 unspecified atom stereocenters. The molecule has 0 fully saturated rings. The molecule has 2 aromatic rings. The summed E-state index contributed by atoms with van der Waals surface area (Å²) in [6.07, 6.45) is 2.18. The Balaban J connectivity index is 1.69. The van der Waals surface area contributed by atoms with Gasteiger partial charge in [0.25, 0.3) is 0 Å². The number of carbonyl (C=O) groups excluding carboxylic acids is 1. The zero-order chi connectivity index (χ0) is 15.8. The number of hydrogen-bond acceptors (Lipinski definition) is 4. The van der Waals surface area contributed by atoms with Gasteiger partial charge >= 0.3 is 6.03 Å². The van der Waals surface area contributed by atoms with Crippen LogP contribution in [-0.4, -0.2) is 35.4 Å². The van der Waals surface area contributed by atoms with Gasteiger partial charge in [-0.1, -0.05) is 6.07 Å². The first kappa shape index (κ1) is 15.7. The van der Waals surface area contributed by atoms with Crippen LogP contribution in [0.2, 0.25) is 0 Å². The normalized spacial score (nSPS) is 11.5. The molecule has 1 aromatic carbocycles. The lowest BCUT2D eigenvalue weighted by Gasteiger charge is -2.13. The molecule has 0 aliphatic heterocycles. The molecule has 1 atom stereocenters. The fourth-order valence-electron chi connectivity index (χ4n) is 1.63. The number of ether oxygens (including phenoxy) is 1. The first-order valence-electron chi connectivity index (χ1n) is 6.65. The maximum Gasteiger partial charge on any atom is 0.319 e. The topological polar surface area (TPSA) is 83.5 Å². The van der Waals surface area contributed by atoms with E-state index in [9.17, 15) is 14.3 Å². The van der Waals surface area contributed by atoms with E-state index >= 15 is 0 Å². The van der Waals surface area contributed by atoms with E-state index in [-0.39, 0.29) is 13.2 Å². The van der Waals surface area contributed by atoms with Gasteiger partial charge in [0, 0.05) is 18.8 Å². The second-order valence-corrected chi connectivity index (χ2v) is 4.50. The Labute approximate surface area is 127 Å². The maximum absolute atomic E-state index is 12.9. The SMILES string of the molecule is O=C(NC[C@H](O)COc1cccc(F)c1)Nc1cccnc1. The highest BCUT2D eigenvalue weighted by molar-refractivity contribution is 5.88. The third-order valence-electron chi connectivity index (χ3n) is 2.66. The summed E-state index contributed by atoms with van der Waals surface area (Å²) >= 11 is 0. The molecule has 0 bridgehead atoms. The molecule has 0 aliphatic carbocycles. The second kappa shape index (κ2) is 7.94. The van der Waals surface area contributed by atoms with Gasteiger partial charge in [0.05, 0.1) is 11.9 Å². The number of urea groups is 1. The molecule has 0 radical (unpaired) electrons. The monoisotopic (exact) mass is 305 g/mol. The lowest BCUT2D eigenvalue weighted by Crippen LogP contribution is -2.37. The predicted molar refractivity (Wildman–Crippen MR) is 79.2 cm³/mol. The molecule has 116 valence electrons. The van der Waals surface area contributed by atoms with Crippen LogP contribution in [0.3, 0.4) is 0 Å². The third kappa shape index (κ3) is 5.37. The number of benzene rings is 1. The van der Waals surface area contributed by atoms with Crippen LogP contribution in [0.1, 0.15) is 0 Å². The van der Waals surface area contributed by atoms with Crippen molar-refractivity contribution >= 4 is 11.7 Å². The minimum absolute atomic E-state index is 0.00140. The number of anilines is 1. The number of pyridine rings is 1. The molecule has 0 saturated heterocycles. The molecule has 3 N–H and O–H groups in total. The Morgan fingerprint density at radius 2 is 2.23 bits per heavy atom. The molecule has 0 aliphatic rings. The van der Waals surface area contributed by atoms with Gasteiger partial charge in [0.1, 0.15) is 24.3 Å². The highest BCUT2D eigenvalue weighted by atomic mass is 19.1. The summed E-state index contributed by atoms with van der Waals surface area (Å²) in [5, 5.41) is 14.8. The van der Waals surface area contributed by atoms with E-state index in [4.69, 9.17) is 4.74 Å². The van der Waals surface area contributed by atoms with E-state index in [1.807, 2.05) is 0 Å². The molecule has 1 aromatic heterocycles. The Morgan fingerprint density at radius 1 is 1.36 bits per heavy atom. The molecular formula is C15H16FN3O3. The van der Waals surface area contributed by atoms with Gasteiger partial charge in [-0.25, -0.2) is 9.18 Å². The van der Waals surface area contributed by atoms with E-state index in [2.05, 4.69) is 15.6 Å². The summed E-state index contributed by atoms with van der Waals surface area (Å²) in [5.41, 5.74) is 0.547. The summed E-state index contributed by atoms with van der Waals surface area (Å²) < 4.78 is 18.2. The molecule has 1 heterocycles. The molecule has 6 nitrogen and oxygen atoms in total. The number of aliphatic hydroxyl groups excluding tert-OH is 1. The zero-order valence-corrected chi connectivity index (χ0v) is 11.7. The number of hydrogen-bond donors (Lipinski definition) is 3. The number of halogens is 1. The Hall–Kier alpha value is -2.67. The average Bonchev–Trinajstić information content (AvgIpc) is 2.52. The quantitative estimate of drug-likeness (QED) is 0.759. The lowest BCUT2D eigenvalue weighted by molar-refractivity contribution is 0.108. The largest absolute Gasteiger partial charge is 0.491 e. The minimum Gasteiger partial charge on any atom is -0.491 e. The van der Waals surface area contributed by atoms with Gasteiger partial charge in [-0.05, 0) is 24.3 Å². The number of aromatic nitrogens is 1. The first-order chi connectivity index (χ1) is 10.6. The molecule has 2 amide bonds. The number of carbonyl (C=O) groups is 1. The number of nitrogens with one attached hydrogen (secondary N) is 2. The van der Waals surface area contributed by atoms with Gasteiger partial charge in [-0.2, -0.15) is 0 Å². The summed E-state index contributed by atoms with van der Waals surface area (Å²) in [4.78, 5) is 15.4. The third-order valence-corrected chi connectivity index (χ3v) is 2.66. The van der Waals surface area contributed by atoms with Crippen LogP contribution in [0.5, 0.6) is 5.75 Å². The fraction of sp³-hybridized carbons (Fsp3) is 0.200. The second-order valence-electron chi connectivity index (χ2n) is 4.50. The Kier molecular flexibility index (Phi) is 5.67. The standard InChI is InChI=1S/C15H16FN3O3/c16-11-3-1-5-14(7-11)22-10-13(20)9-18-15(21)19-12-4-2-6-17-8-12/h1-8,13,20H,9-10H2,(H2,18,19,21)/t13-/m0/s1. The zero-order valence-electron chi connectivity index (χ0n) is 11.7. The van der Waals surface area contributed by atoms with Gasteiger partial charge < -0.3 is 20.5 Å². The van der Waals surface area contributed by atoms with Crippen molar-refractivity contribution < 1.29 is 19.0 Å². The van der Waals surface area contributed by atoms with Gasteiger partial charge in [-0.3, -0.25) is 4.98 Å². The van der Waals surface area contributed by atoms with E-state index in [1.54, 1.807) is 24.4 Å². The number of aliphatic hydroxyl groups is 1. The highest BCUT2D eigenvalue weighted by Crippen LogP contribution is 2.11. The Morgan fingerprint density at radius 3 is 2.95 bits per heavy atom. The molecule has 0 spiro atoms. The first-order valence-corrected chi connectivity index (χ1v) is 6.65. The lowest BCUT2D eigenvalue weighted by atomic mass is 10.3. The van der Waals surface area contributed by atoms with Crippen molar-refractivity contribution in [2.45, 2.75) is 6.10 Å². The van der Waals surface area contributed by atoms with Crippen LogP contribution in [0, 0.1) is 5.82 Å². The molecule has 0 saturated carbocycles. The number of amides is 2. The van der Waals surface area contributed by atoms with Gasteiger partial charge in [0.15, 0.2) is 0 Å². The van der Waals surface area contributed by atoms with E-state index in [0.717, 1.165) is 0 Å². The number of nitrogens with zero attached hydrogens (tertiary/aromatic N) is 1. The molecule has 22 heavy (non-hydrogen) atoms. The fourth-order valence-corrected chi connectivity index (χ4v) is 1.63. The predicted octanol–water partition coefficient (Wildman–Crippen LogP) is 1.78. The van der Waals surface area contributed by atoms with Crippen LogP contribution < -0.4 is 15.4 Å². The van der Waals surface area contributed by atoms with E-state index in [1.165, 1.54) is 24.4 Å².